The summed E-state index contributed by atoms with van der Waals surface area (Å²) < 4.78 is 2.55. The van der Waals surface area contributed by atoms with E-state index in [0.29, 0.717) is 0 Å². The molecule has 0 saturated heterocycles. The largest absolute Gasteiger partial charge is 0.309 e. The Kier molecular flexibility index (Phi) is 10.00. The molecule has 1 heterocycles. The van der Waals surface area contributed by atoms with Gasteiger partial charge in [0.05, 0.1) is 15.8 Å². The first-order valence-corrected chi connectivity index (χ1v) is 24.6. The molecule has 0 fully saturated rings. The minimum Gasteiger partial charge on any atom is -0.309 e. The van der Waals surface area contributed by atoms with E-state index in [1.54, 1.807) is 0 Å². The molecular formula is C67H45NS. The van der Waals surface area contributed by atoms with Gasteiger partial charge < -0.3 is 4.90 Å². The number of benzene rings is 11. The second-order valence-corrected chi connectivity index (χ2v) is 19.0. The molecule has 0 radical (unpaired) electrons. The normalized spacial score (nSPS) is 13.9. The minimum atomic E-state index is -0.640. The van der Waals surface area contributed by atoms with Gasteiger partial charge in [0.25, 0.3) is 0 Å². The van der Waals surface area contributed by atoms with E-state index in [1.807, 2.05) is 11.3 Å². The second kappa shape index (κ2) is 16.9. The lowest BCUT2D eigenvalue weighted by atomic mass is 9.67. The van der Waals surface area contributed by atoms with E-state index in [1.165, 1.54) is 98.1 Å². The monoisotopic (exact) mass is 895 g/mol. The first-order chi connectivity index (χ1) is 34.2. The number of hydrogen-bond donors (Lipinski definition) is 0. The number of fused-ring (bicyclic) bond motifs is 6. The Hall–Kier alpha value is -8.56. The number of hydrogen-bond acceptors (Lipinski definition) is 2. The fourth-order valence-electron chi connectivity index (χ4n) is 11.0. The van der Waals surface area contributed by atoms with Crippen molar-refractivity contribution in [1.29, 1.82) is 0 Å². The molecule has 11 aromatic carbocycles. The molecule has 0 amide bonds. The molecular weight excluding hydrogens is 851 g/mol. The Morgan fingerprint density at radius 2 is 0.710 bits per heavy atom. The molecule has 13 rings (SSSR count). The van der Waals surface area contributed by atoms with E-state index >= 15 is 0 Å². The van der Waals surface area contributed by atoms with Crippen LogP contribution >= 0.6 is 11.3 Å². The molecule has 1 nitrogen and oxygen atoms in total. The van der Waals surface area contributed by atoms with Crippen LogP contribution in [0.4, 0.5) is 17.1 Å². The van der Waals surface area contributed by atoms with Crippen molar-refractivity contribution in [2.75, 3.05) is 4.90 Å². The van der Waals surface area contributed by atoms with Crippen molar-refractivity contribution in [2.24, 2.45) is 0 Å². The predicted octanol–water partition coefficient (Wildman–Crippen LogP) is 18.6. The van der Waals surface area contributed by atoms with Crippen LogP contribution in [-0.2, 0) is 5.41 Å². The summed E-state index contributed by atoms with van der Waals surface area (Å²) in [6.45, 7) is 0. The summed E-state index contributed by atoms with van der Waals surface area (Å²) in [5, 5.41) is 2.54. The van der Waals surface area contributed by atoms with Crippen LogP contribution in [0.15, 0.2) is 273 Å². The standard InChI is InChI=1S/C67H45NS/c1-6-18-46(19-7-1)49-32-37-54(38-33-49)67(53-26-14-5-15-27-53)62-44-52(48-22-10-3-11-23-48)36-42-58(62)59-43-41-56(45-63(59)67)68(55-39-34-50(35-40-55)47-20-8-2-9-21-47)64-31-17-30-61-60-29-16-28-57(65(60)69-66(61)64)51-24-12-4-13-25-51/h1-45H. The summed E-state index contributed by atoms with van der Waals surface area (Å²) in [5.41, 5.74) is 19.9. The zero-order valence-corrected chi connectivity index (χ0v) is 38.7. The topological polar surface area (TPSA) is 3.24 Å². The first kappa shape index (κ1) is 40.7. The molecule has 0 spiro atoms. The molecule has 1 aliphatic rings. The highest BCUT2D eigenvalue weighted by Gasteiger charge is 2.47. The lowest BCUT2D eigenvalue weighted by Gasteiger charge is -2.35. The molecule has 0 bridgehead atoms. The van der Waals surface area contributed by atoms with Crippen LogP contribution in [0.25, 0.3) is 75.8 Å². The lowest BCUT2D eigenvalue weighted by molar-refractivity contribution is 0.769. The summed E-state index contributed by atoms with van der Waals surface area (Å²) in [7, 11) is 0. The van der Waals surface area contributed by atoms with Crippen LogP contribution in [0.5, 0.6) is 0 Å². The fourth-order valence-corrected chi connectivity index (χ4v) is 12.3. The molecule has 0 aliphatic heterocycles. The predicted molar refractivity (Wildman–Crippen MR) is 293 cm³/mol. The molecule has 0 N–H and O–H groups in total. The Labute approximate surface area is 407 Å². The van der Waals surface area contributed by atoms with E-state index in [2.05, 4.69) is 278 Å². The van der Waals surface area contributed by atoms with E-state index in [4.69, 9.17) is 0 Å². The van der Waals surface area contributed by atoms with Crippen molar-refractivity contribution in [3.05, 3.63) is 295 Å². The number of rotatable bonds is 9. The van der Waals surface area contributed by atoms with E-state index < -0.39 is 5.41 Å². The summed E-state index contributed by atoms with van der Waals surface area (Å²) in [6, 6.07) is 101. The maximum absolute atomic E-state index is 2.50. The van der Waals surface area contributed by atoms with Crippen molar-refractivity contribution in [1.82, 2.24) is 0 Å². The summed E-state index contributed by atoms with van der Waals surface area (Å²) >= 11 is 1.89. The maximum Gasteiger partial charge on any atom is 0.0714 e. The molecule has 69 heavy (non-hydrogen) atoms. The van der Waals surface area contributed by atoms with Crippen LogP contribution in [0.1, 0.15) is 22.3 Å². The van der Waals surface area contributed by atoms with Gasteiger partial charge in [-0.1, -0.05) is 237 Å². The molecule has 324 valence electrons. The summed E-state index contributed by atoms with van der Waals surface area (Å²) in [5.74, 6) is 0. The van der Waals surface area contributed by atoms with Gasteiger partial charge in [-0.05, 0) is 114 Å². The lowest BCUT2D eigenvalue weighted by Crippen LogP contribution is -2.29. The minimum absolute atomic E-state index is 0.640. The number of thiophene rings is 1. The SMILES string of the molecule is c1ccc(-c2ccc(N(c3ccc4c(c3)C(c3ccccc3)(c3ccc(-c5ccccc5)cc3)c3cc(-c5ccccc5)ccc3-4)c3cccc4c3sc3c(-c5ccccc5)cccc34)cc2)cc1. The highest BCUT2D eigenvalue weighted by molar-refractivity contribution is 7.27. The van der Waals surface area contributed by atoms with Gasteiger partial charge in [0.15, 0.2) is 0 Å². The van der Waals surface area contributed by atoms with E-state index in [-0.39, 0.29) is 0 Å². The quantitative estimate of drug-likeness (QED) is 0.140. The third-order valence-electron chi connectivity index (χ3n) is 14.2. The van der Waals surface area contributed by atoms with Gasteiger partial charge in [-0.15, -0.1) is 11.3 Å². The molecule has 0 saturated carbocycles. The molecule has 1 unspecified atom stereocenters. The average Bonchev–Trinajstić information content (AvgIpc) is 3.96. The maximum atomic E-state index is 2.50. The van der Waals surface area contributed by atoms with Gasteiger partial charge in [0.2, 0.25) is 0 Å². The van der Waals surface area contributed by atoms with Crippen LogP contribution in [-0.4, -0.2) is 0 Å². The Bertz CT molecular complexity index is 3790. The fraction of sp³-hybridized carbons (Fsp3) is 0.0149. The van der Waals surface area contributed by atoms with E-state index in [9.17, 15) is 0 Å². The van der Waals surface area contributed by atoms with Gasteiger partial charge in [-0.2, -0.15) is 0 Å². The van der Waals surface area contributed by atoms with Gasteiger partial charge in [-0.25, -0.2) is 0 Å². The van der Waals surface area contributed by atoms with Gasteiger partial charge in [0.1, 0.15) is 0 Å². The van der Waals surface area contributed by atoms with Crippen molar-refractivity contribution in [2.45, 2.75) is 5.41 Å². The number of nitrogens with zero attached hydrogens (tertiary/aromatic N) is 1. The highest BCUT2D eigenvalue weighted by Crippen LogP contribution is 2.58. The summed E-state index contributed by atoms with van der Waals surface area (Å²) in [4.78, 5) is 2.50. The third-order valence-corrected chi connectivity index (χ3v) is 15.5. The summed E-state index contributed by atoms with van der Waals surface area (Å²) in [6.07, 6.45) is 0. The third kappa shape index (κ3) is 6.83. The van der Waals surface area contributed by atoms with Crippen LogP contribution in [0.2, 0.25) is 0 Å². The van der Waals surface area contributed by atoms with Crippen molar-refractivity contribution in [3.63, 3.8) is 0 Å². The van der Waals surface area contributed by atoms with Crippen molar-refractivity contribution < 1.29 is 0 Å². The molecule has 1 aliphatic carbocycles. The van der Waals surface area contributed by atoms with Gasteiger partial charge in [0, 0.05) is 26.8 Å². The van der Waals surface area contributed by atoms with Crippen LogP contribution < -0.4 is 4.90 Å². The molecule has 12 aromatic rings. The van der Waals surface area contributed by atoms with Crippen LogP contribution in [0, 0.1) is 0 Å². The number of anilines is 3. The average molecular weight is 896 g/mol. The Balaban J connectivity index is 1.07. The van der Waals surface area contributed by atoms with Crippen LogP contribution in [0.3, 0.4) is 0 Å². The molecule has 1 atom stereocenters. The van der Waals surface area contributed by atoms with Crippen molar-refractivity contribution in [3.8, 4) is 55.6 Å². The van der Waals surface area contributed by atoms with Gasteiger partial charge in [-0.3, -0.25) is 0 Å². The molecule has 1 aromatic heterocycles. The van der Waals surface area contributed by atoms with Crippen molar-refractivity contribution >= 4 is 48.6 Å². The Morgan fingerprint density at radius 3 is 1.32 bits per heavy atom. The zero-order chi connectivity index (χ0) is 45.7. The zero-order valence-electron chi connectivity index (χ0n) is 37.8. The highest BCUT2D eigenvalue weighted by atomic mass is 32.1. The first-order valence-electron chi connectivity index (χ1n) is 23.7. The van der Waals surface area contributed by atoms with E-state index in [0.717, 1.165) is 17.1 Å². The Morgan fingerprint density at radius 1 is 0.275 bits per heavy atom. The smallest absolute Gasteiger partial charge is 0.0714 e. The van der Waals surface area contributed by atoms with Gasteiger partial charge >= 0.3 is 0 Å². The molecule has 2 heteroatoms. The second-order valence-electron chi connectivity index (χ2n) is 18.0.